The molecule has 0 aromatic heterocycles. The van der Waals surface area contributed by atoms with E-state index < -0.39 is 23.2 Å². The van der Waals surface area contributed by atoms with Crippen LogP contribution < -0.4 is 4.74 Å². The van der Waals surface area contributed by atoms with Crippen molar-refractivity contribution < 1.29 is 24.5 Å². The Labute approximate surface area is 218 Å². The molecular formula is C30H36N2O5. The molecule has 7 heteroatoms. The van der Waals surface area contributed by atoms with E-state index in [2.05, 4.69) is 4.90 Å². The average molecular weight is 505 g/mol. The summed E-state index contributed by atoms with van der Waals surface area (Å²) in [5.74, 6) is 1.25. The molecule has 196 valence electrons. The SMILES string of the molecule is CO[C@@H](C(=O)N(C)[C@H]1CCC2(O)[C@H]3Cc4ccc(O)c5c4[C@@]2(CCN3CC2CC2)[C@H]1O5)c1ccccc1. The smallest absolute Gasteiger partial charge is 0.256 e. The van der Waals surface area contributed by atoms with Gasteiger partial charge in [-0.1, -0.05) is 36.4 Å². The van der Waals surface area contributed by atoms with E-state index in [0.29, 0.717) is 18.6 Å². The minimum absolute atomic E-state index is 0.0222. The molecule has 2 aromatic carbocycles. The summed E-state index contributed by atoms with van der Waals surface area (Å²) >= 11 is 0. The summed E-state index contributed by atoms with van der Waals surface area (Å²) in [5, 5.41) is 23.5. The average Bonchev–Trinajstić information content (AvgIpc) is 3.65. The van der Waals surface area contributed by atoms with Crippen LogP contribution in [0, 0.1) is 5.92 Å². The summed E-state index contributed by atoms with van der Waals surface area (Å²) in [6.07, 6.45) is 4.17. The molecule has 2 N–H and O–H groups in total. The zero-order valence-electron chi connectivity index (χ0n) is 21.6. The molecule has 3 aliphatic carbocycles. The first-order valence-corrected chi connectivity index (χ1v) is 13.7. The summed E-state index contributed by atoms with van der Waals surface area (Å²) in [4.78, 5) is 18.1. The van der Waals surface area contributed by atoms with Gasteiger partial charge in [-0.3, -0.25) is 9.69 Å². The third-order valence-corrected chi connectivity index (χ3v) is 10.1. The number of hydrogen-bond donors (Lipinski definition) is 2. The molecule has 7 rings (SSSR count). The van der Waals surface area contributed by atoms with E-state index in [1.807, 2.05) is 43.4 Å². The third kappa shape index (κ3) is 3.14. The number of piperidine rings is 1. The predicted octanol–water partition coefficient (Wildman–Crippen LogP) is 3.17. The second-order valence-corrected chi connectivity index (χ2v) is 11.9. The summed E-state index contributed by atoms with van der Waals surface area (Å²) in [6.45, 7) is 1.94. The number of benzene rings is 2. The van der Waals surface area contributed by atoms with Crippen molar-refractivity contribution in [3.8, 4) is 11.5 Å². The summed E-state index contributed by atoms with van der Waals surface area (Å²) < 4.78 is 12.3. The maximum absolute atomic E-state index is 13.8. The number of carbonyl (C=O) groups is 1. The number of phenolic OH excluding ortho intramolecular Hbond substituents is 1. The van der Waals surface area contributed by atoms with E-state index in [9.17, 15) is 15.0 Å². The lowest BCUT2D eigenvalue weighted by Crippen LogP contribution is -2.78. The van der Waals surface area contributed by atoms with Gasteiger partial charge in [-0.15, -0.1) is 0 Å². The number of likely N-dealkylation sites (N-methyl/N-ethyl adjacent to an activating group) is 1. The summed E-state index contributed by atoms with van der Waals surface area (Å²) in [6, 6.07) is 13.1. The van der Waals surface area contributed by atoms with Gasteiger partial charge in [0.25, 0.3) is 5.91 Å². The Bertz CT molecular complexity index is 1230. The fourth-order valence-electron chi connectivity index (χ4n) is 8.21. The molecule has 7 nitrogen and oxygen atoms in total. The third-order valence-electron chi connectivity index (χ3n) is 10.1. The van der Waals surface area contributed by atoms with Crippen LogP contribution in [0.25, 0.3) is 0 Å². The number of ether oxygens (including phenoxy) is 2. The van der Waals surface area contributed by atoms with Crippen molar-refractivity contribution in [1.29, 1.82) is 0 Å². The van der Waals surface area contributed by atoms with Crippen LogP contribution in [0.3, 0.4) is 0 Å². The Kier molecular flexibility index (Phi) is 5.20. The first kappa shape index (κ1) is 23.5. The van der Waals surface area contributed by atoms with Crippen LogP contribution >= 0.6 is 0 Å². The Morgan fingerprint density at radius 1 is 1.19 bits per heavy atom. The predicted molar refractivity (Wildman–Crippen MR) is 138 cm³/mol. The van der Waals surface area contributed by atoms with E-state index in [1.165, 1.54) is 18.4 Å². The fraction of sp³-hybridized carbons (Fsp3) is 0.567. The van der Waals surface area contributed by atoms with Crippen molar-refractivity contribution in [3.05, 3.63) is 59.2 Å². The van der Waals surface area contributed by atoms with Crippen LogP contribution in [0.5, 0.6) is 11.5 Å². The Balaban J connectivity index is 1.29. The number of aliphatic hydroxyl groups is 1. The highest BCUT2D eigenvalue weighted by Gasteiger charge is 2.73. The van der Waals surface area contributed by atoms with Crippen molar-refractivity contribution >= 4 is 5.91 Å². The molecule has 2 aromatic rings. The standard InChI is InChI=1S/C30H36N2O5/c1-31(28(34)25(36-2)19-6-4-3-5-7-19)21-12-13-30(35)23-16-20-10-11-22(33)26-24(20)29(30,27(21)37-26)14-15-32(23)17-18-8-9-18/h3-7,10-11,18,21,23,25,27,33,35H,8-9,12-17H2,1-2H3/t21-,23+,25+,27-,29-,30?/m0/s1. The normalized spacial score (nSPS) is 34.4. The van der Waals surface area contributed by atoms with Gasteiger partial charge in [0.1, 0.15) is 6.10 Å². The van der Waals surface area contributed by atoms with Crippen molar-refractivity contribution in [2.75, 3.05) is 27.2 Å². The Hall–Kier alpha value is -2.61. The van der Waals surface area contributed by atoms with Crippen LogP contribution in [0.4, 0.5) is 0 Å². The van der Waals surface area contributed by atoms with Crippen LogP contribution in [0.2, 0.25) is 0 Å². The van der Waals surface area contributed by atoms with Gasteiger partial charge in [0.05, 0.1) is 17.1 Å². The minimum Gasteiger partial charge on any atom is -0.504 e. The van der Waals surface area contributed by atoms with E-state index >= 15 is 0 Å². The van der Waals surface area contributed by atoms with E-state index in [-0.39, 0.29) is 23.7 Å². The molecule has 1 saturated heterocycles. The number of hydrogen-bond acceptors (Lipinski definition) is 6. The molecule has 6 atom stereocenters. The number of phenols is 1. The highest BCUT2D eigenvalue weighted by atomic mass is 16.5. The lowest BCUT2D eigenvalue weighted by atomic mass is 9.48. The quantitative estimate of drug-likeness (QED) is 0.629. The number of likely N-dealkylation sites (tertiary alicyclic amines) is 1. The van der Waals surface area contributed by atoms with Gasteiger partial charge in [0.15, 0.2) is 17.6 Å². The largest absolute Gasteiger partial charge is 0.504 e. The molecule has 2 aliphatic heterocycles. The van der Waals surface area contributed by atoms with Crippen LogP contribution in [-0.2, 0) is 21.4 Å². The molecule has 1 spiro atoms. The molecule has 2 bridgehead atoms. The van der Waals surface area contributed by atoms with Gasteiger partial charge in [-0.05, 0) is 68.2 Å². The zero-order chi connectivity index (χ0) is 25.5. The van der Waals surface area contributed by atoms with E-state index in [0.717, 1.165) is 43.0 Å². The van der Waals surface area contributed by atoms with Crippen molar-refractivity contribution in [2.45, 2.75) is 73.8 Å². The van der Waals surface area contributed by atoms with Gasteiger partial charge in [-0.25, -0.2) is 0 Å². The number of aromatic hydroxyl groups is 1. The van der Waals surface area contributed by atoms with Crippen molar-refractivity contribution in [1.82, 2.24) is 9.80 Å². The molecular weight excluding hydrogens is 468 g/mol. The fourth-order valence-corrected chi connectivity index (χ4v) is 8.21. The molecule has 37 heavy (non-hydrogen) atoms. The Morgan fingerprint density at radius 3 is 2.70 bits per heavy atom. The van der Waals surface area contributed by atoms with Gasteiger partial charge < -0.3 is 24.6 Å². The second kappa shape index (κ2) is 8.19. The first-order chi connectivity index (χ1) is 17.9. The Morgan fingerprint density at radius 2 is 1.97 bits per heavy atom. The zero-order valence-corrected chi connectivity index (χ0v) is 21.6. The summed E-state index contributed by atoms with van der Waals surface area (Å²) in [7, 11) is 3.40. The molecule has 0 radical (unpaired) electrons. The van der Waals surface area contributed by atoms with Gasteiger partial charge in [0, 0.05) is 32.3 Å². The van der Waals surface area contributed by atoms with E-state index in [4.69, 9.17) is 9.47 Å². The molecule has 5 aliphatic rings. The van der Waals surface area contributed by atoms with Crippen LogP contribution in [-0.4, -0.2) is 77.0 Å². The molecule has 1 unspecified atom stereocenters. The number of amides is 1. The number of methoxy groups -OCH3 is 1. The maximum Gasteiger partial charge on any atom is 0.256 e. The molecule has 1 amide bonds. The topological polar surface area (TPSA) is 82.5 Å². The molecule has 2 saturated carbocycles. The van der Waals surface area contributed by atoms with Crippen LogP contribution in [0.15, 0.2) is 42.5 Å². The number of carbonyl (C=O) groups excluding carboxylic acids is 1. The van der Waals surface area contributed by atoms with E-state index in [1.54, 1.807) is 18.1 Å². The minimum atomic E-state index is -0.961. The highest BCUT2D eigenvalue weighted by molar-refractivity contribution is 5.82. The lowest BCUT2D eigenvalue weighted by molar-refractivity contribution is -0.202. The number of rotatable bonds is 6. The van der Waals surface area contributed by atoms with Crippen molar-refractivity contribution in [2.24, 2.45) is 5.92 Å². The first-order valence-electron chi connectivity index (χ1n) is 13.7. The molecule has 3 fully saturated rings. The highest BCUT2D eigenvalue weighted by Crippen LogP contribution is 2.66. The molecule has 2 heterocycles. The second-order valence-electron chi connectivity index (χ2n) is 11.9. The monoisotopic (exact) mass is 504 g/mol. The summed E-state index contributed by atoms with van der Waals surface area (Å²) in [5.41, 5.74) is 1.36. The number of nitrogens with zero attached hydrogens (tertiary/aromatic N) is 2. The lowest BCUT2D eigenvalue weighted by Gasteiger charge is -2.64. The van der Waals surface area contributed by atoms with Crippen LogP contribution in [0.1, 0.15) is 54.9 Å². The van der Waals surface area contributed by atoms with Crippen molar-refractivity contribution in [3.63, 3.8) is 0 Å². The maximum atomic E-state index is 13.8. The van der Waals surface area contributed by atoms with Gasteiger partial charge in [0.2, 0.25) is 0 Å². The van der Waals surface area contributed by atoms with Gasteiger partial charge >= 0.3 is 0 Å². The van der Waals surface area contributed by atoms with Gasteiger partial charge in [-0.2, -0.15) is 0 Å².